The number of aliphatic carboxylic acids is 1. The fraction of sp³-hybridized carbons (Fsp3) is 0.750. The minimum atomic E-state index is -1.11. The zero-order chi connectivity index (χ0) is 21.7. The van der Waals surface area contributed by atoms with Crippen LogP contribution >= 0.6 is 11.8 Å². The molecule has 0 radical (unpaired) electrons. The van der Waals surface area contributed by atoms with E-state index in [1.54, 1.807) is 6.92 Å². The molecule has 3 fully saturated rings. The fourth-order valence-electron chi connectivity index (χ4n) is 5.21. The molecular formula is C20H30N4O5S. The maximum absolute atomic E-state index is 12.9. The van der Waals surface area contributed by atoms with Gasteiger partial charge in [0, 0.05) is 48.3 Å². The third-order valence-electron chi connectivity index (χ3n) is 6.78. The van der Waals surface area contributed by atoms with Crippen molar-refractivity contribution >= 4 is 29.5 Å². The molecule has 10 heteroatoms. The molecule has 0 aromatic heterocycles. The first-order valence-electron chi connectivity index (χ1n) is 10.6. The number of carboxylic acids is 1. The van der Waals surface area contributed by atoms with Gasteiger partial charge in [-0.15, -0.1) is 11.8 Å². The monoisotopic (exact) mass is 438 g/mol. The van der Waals surface area contributed by atoms with Crippen LogP contribution in [0.4, 0.5) is 0 Å². The summed E-state index contributed by atoms with van der Waals surface area (Å²) in [5.74, 6) is -2.04. The number of nitrogens with one attached hydrogen (secondary N) is 2. The molecule has 3 saturated heterocycles. The van der Waals surface area contributed by atoms with E-state index in [1.165, 1.54) is 16.7 Å². The molecule has 0 aromatic carbocycles. The van der Waals surface area contributed by atoms with Crippen LogP contribution in [-0.4, -0.2) is 93.5 Å². The Morgan fingerprint density at radius 3 is 2.63 bits per heavy atom. The number of carboxylic acid groups (broad SMARTS) is 1. The third-order valence-corrected chi connectivity index (χ3v) is 8.29. The molecule has 4 aliphatic heterocycles. The lowest BCUT2D eigenvalue weighted by Crippen LogP contribution is -2.63. The molecule has 4 heterocycles. The first-order chi connectivity index (χ1) is 14.2. The van der Waals surface area contributed by atoms with Gasteiger partial charge in [-0.3, -0.25) is 9.59 Å². The lowest BCUT2D eigenvalue weighted by molar-refractivity contribution is -0.163. The normalized spacial score (nSPS) is 37.3. The molecule has 7 atom stereocenters. The molecule has 4 rings (SSSR count). The van der Waals surface area contributed by atoms with Crippen molar-refractivity contribution in [2.75, 3.05) is 26.2 Å². The smallest absolute Gasteiger partial charge is 0.353 e. The molecule has 0 spiro atoms. The standard InChI is InChI=1S/C20H30N4O5S/c1-9-7-21-4-5-23(9)18(26)13-6-12(8-22-13)30-17-10(2)15-14(11(3)25)19(27)24(15)16(17)20(28)29/h9-15,21-22,25H,4-8H2,1-3H3,(H,28,29)/t9-,10-,11-,12+,13+,14-,15-/m1/s1. The van der Waals surface area contributed by atoms with Crippen LogP contribution in [0.25, 0.3) is 0 Å². The first kappa shape index (κ1) is 21.6. The molecular weight excluding hydrogens is 408 g/mol. The summed E-state index contributed by atoms with van der Waals surface area (Å²) in [4.78, 5) is 41.3. The van der Waals surface area contributed by atoms with Gasteiger partial charge in [0.2, 0.25) is 11.8 Å². The Balaban J connectivity index is 1.46. The summed E-state index contributed by atoms with van der Waals surface area (Å²) in [5.41, 5.74) is 0.0462. The zero-order valence-electron chi connectivity index (χ0n) is 17.5. The van der Waals surface area contributed by atoms with E-state index >= 15 is 0 Å². The van der Waals surface area contributed by atoms with Gasteiger partial charge in [-0.2, -0.15) is 0 Å². The lowest BCUT2D eigenvalue weighted by atomic mass is 9.79. The molecule has 0 aliphatic carbocycles. The number of thioether (sulfide) groups is 1. The Kier molecular flexibility index (Phi) is 5.86. The number of carbonyl (C=O) groups excluding carboxylic acids is 2. The average molecular weight is 439 g/mol. The van der Waals surface area contributed by atoms with E-state index in [4.69, 9.17) is 0 Å². The van der Waals surface area contributed by atoms with Crippen molar-refractivity contribution in [1.82, 2.24) is 20.4 Å². The Morgan fingerprint density at radius 1 is 1.27 bits per heavy atom. The van der Waals surface area contributed by atoms with Crippen molar-refractivity contribution in [3.63, 3.8) is 0 Å². The zero-order valence-corrected chi connectivity index (χ0v) is 18.3. The van der Waals surface area contributed by atoms with E-state index in [0.717, 1.165) is 13.1 Å². The van der Waals surface area contributed by atoms with Gasteiger partial charge in [0.25, 0.3) is 0 Å². The van der Waals surface area contributed by atoms with E-state index in [-0.39, 0.29) is 46.8 Å². The number of nitrogens with zero attached hydrogens (tertiary/aromatic N) is 2. The van der Waals surface area contributed by atoms with Crippen molar-refractivity contribution in [1.29, 1.82) is 0 Å². The van der Waals surface area contributed by atoms with E-state index in [0.29, 0.717) is 24.4 Å². The van der Waals surface area contributed by atoms with E-state index < -0.39 is 18.0 Å². The molecule has 4 N–H and O–H groups in total. The first-order valence-corrected chi connectivity index (χ1v) is 11.5. The summed E-state index contributed by atoms with van der Waals surface area (Å²) < 4.78 is 0. The molecule has 0 unspecified atom stereocenters. The Morgan fingerprint density at radius 2 is 2.00 bits per heavy atom. The highest BCUT2D eigenvalue weighted by atomic mass is 32.2. The number of hydrogen-bond acceptors (Lipinski definition) is 7. The van der Waals surface area contributed by atoms with E-state index in [9.17, 15) is 24.6 Å². The molecule has 0 bridgehead atoms. The van der Waals surface area contributed by atoms with Crippen LogP contribution in [0.5, 0.6) is 0 Å². The third kappa shape index (κ3) is 3.43. The van der Waals surface area contributed by atoms with Crippen LogP contribution in [0.3, 0.4) is 0 Å². The van der Waals surface area contributed by atoms with Gasteiger partial charge in [0.1, 0.15) is 5.70 Å². The van der Waals surface area contributed by atoms with E-state index in [1.807, 2.05) is 18.7 Å². The highest BCUT2D eigenvalue weighted by Crippen LogP contribution is 2.51. The molecule has 4 aliphatic rings. The summed E-state index contributed by atoms with van der Waals surface area (Å²) in [6.07, 6.45) is -0.182. The van der Waals surface area contributed by atoms with Crippen LogP contribution < -0.4 is 10.6 Å². The number of fused-ring (bicyclic) bond motifs is 1. The Labute approximate surface area is 180 Å². The maximum Gasteiger partial charge on any atom is 0.353 e. The van der Waals surface area contributed by atoms with Crippen molar-refractivity contribution in [2.24, 2.45) is 11.8 Å². The molecule has 166 valence electrons. The Hall–Kier alpha value is -1.62. The van der Waals surface area contributed by atoms with Gasteiger partial charge in [-0.25, -0.2) is 4.79 Å². The van der Waals surface area contributed by atoms with Crippen molar-refractivity contribution in [3.8, 4) is 0 Å². The number of aliphatic hydroxyl groups excluding tert-OH is 1. The number of aliphatic hydroxyl groups is 1. The van der Waals surface area contributed by atoms with Crippen LogP contribution in [-0.2, 0) is 14.4 Å². The highest BCUT2D eigenvalue weighted by Gasteiger charge is 2.60. The molecule has 30 heavy (non-hydrogen) atoms. The van der Waals surface area contributed by atoms with Gasteiger partial charge in [-0.1, -0.05) is 6.92 Å². The molecule has 0 aromatic rings. The maximum atomic E-state index is 12.9. The lowest BCUT2D eigenvalue weighted by Gasteiger charge is -2.46. The van der Waals surface area contributed by atoms with Gasteiger partial charge in [0.15, 0.2) is 0 Å². The van der Waals surface area contributed by atoms with Gasteiger partial charge < -0.3 is 30.6 Å². The average Bonchev–Trinajstić information content (AvgIpc) is 3.24. The van der Waals surface area contributed by atoms with Crippen LogP contribution in [0, 0.1) is 11.8 Å². The number of carbonyl (C=O) groups is 3. The SMILES string of the molecule is C[C@@H]1CNCCN1C(=O)[C@@H]1C[C@H](SC2=C(C(=O)O)N3C(=O)[C@H]([C@@H](C)O)[C@H]3[C@H]2C)CN1. The quantitative estimate of drug-likeness (QED) is 0.421. The Bertz CT molecular complexity index is 787. The topological polar surface area (TPSA) is 122 Å². The number of hydrogen-bond donors (Lipinski definition) is 4. The highest BCUT2D eigenvalue weighted by molar-refractivity contribution is 8.03. The minimum Gasteiger partial charge on any atom is -0.477 e. The van der Waals surface area contributed by atoms with Crippen LogP contribution in [0.2, 0.25) is 0 Å². The summed E-state index contributed by atoms with van der Waals surface area (Å²) in [7, 11) is 0. The largest absolute Gasteiger partial charge is 0.477 e. The van der Waals surface area contributed by atoms with E-state index in [2.05, 4.69) is 10.6 Å². The van der Waals surface area contributed by atoms with Crippen molar-refractivity contribution < 1.29 is 24.6 Å². The predicted octanol–water partition coefficient (Wildman–Crippen LogP) is -0.576. The van der Waals surface area contributed by atoms with Gasteiger partial charge in [-0.05, 0) is 20.3 Å². The van der Waals surface area contributed by atoms with Crippen molar-refractivity contribution in [2.45, 2.75) is 56.7 Å². The summed E-state index contributed by atoms with van der Waals surface area (Å²) in [6, 6.07) is -0.417. The number of rotatable bonds is 5. The molecule has 0 saturated carbocycles. The second-order valence-corrected chi connectivity index (χ2v) is 10.1. The fourth-order valence-corrected chi connectivity index (χ4v) is 6.69. The van der Waals surface area contributed by atoms with Crippen molar-refractivity contribution in [3.05, 3.63) is 10.6 Å². The second kappa shape index (κ2) is 8.14. The molecule has 2 amide bonds. The minimum absolute atomic E-state index is 0.0462. The van der Waals surface area contributed by atoms with Gasteiger partial charge in [0.05, 0.1) is 24.1 Å². The second-order valence-electron chi connectivity index (χ2n) is 8.79. The van der Waals surface area contributed by atoms with Gasteiger partial charge >= 0.3 is 5.97 Å². The summed E-state index contributed by atoms with van der Waals surface area (Å²) >= 11 is 1.47. The number of piperazine rings is 1. The summed E-state index contributed by atoms with van der Waals surface area (Å²) in [6.45, 7) is 8.43. The van der Waals surface area contributed by atoms with Crippen LogP contribution in [0.1, 0.15) is 27.2 Å². The molecule has 9 nitrogen and oxygen atoms in total. The number of amides is 2. The number of β-lactam (4-membered cyclic amide) rings is 1. The van der Waals surface area contributed by atoms with Crippen LogP contribution in [0.15, 0.2) is 10.6 Å². The summed E-state index contributed by atoms with van der Waals surface area (Å²) in [5, 5.41) is 26.4. The predicted molar refractivity (Wildman–Crippen MR) is 111 cm³/mol.